The van der Waals surface area contributed by atoms with Gasteiger partial charge in [-0.05, 0) is 22.2 Å². The van der Waals surface area contributed by atoms with E-state index in [9.17, 15) is 4.79 Å². The second kappa shape index (κ2) is 3.95. The van der Waals surface area contributed by atoms with Gasteiger partial charge in [-0.3, -0.25) is 0 Å². The number of nitrogens with two attached hydrogens (primary N) is 1. The minimum absolute atomic E-state index is 0.0600. The lowest BCUT2D eigenvalue weighted by atomic mass is 10.3. The molecular formula is C8H7BrN4O2S. The molecule has 16 heavy (non-hydrogen) atoms. The molecule has 0 bridgehead atoms. The number of carboxylic acids is 1. The Balaban J connectivity index is 2.80. The molecule has 8 heteroatoms. The fourth-order valence-electron chi connectivity index (χ4n) is 1.25. The summed E-state index contributed by atoms with van der Waals surface area (Å²) in [5, 5.41) is 13.7. The van der Waals surface area contributed by atoms with Crippen molar-refractivity contribution in [1.82, 2.24) is 14.6 Å². The van der Waals surface area contributed by atoms with E-state index in [1.165, 1.54) is 22.5 Å². The van der Waals surface area contributed by atoms with Crippen LogP contribution in [0.1, 0.15) is 10.4 Å². The van der Waals surface area contributed by atoms with Crippen molar-refractivity contribution in [3.8, 4) is 0 Å². The molecule has 0 atom stereocenters. The molecule has 84 valence electrons. The highest BCUT2D eigenvalue weighted by molar-refractivity contribution is 9.10. The van der Waals surface area contributed by atoms with Gasteiger partial charge < -0.3 is 10.8 Å². The Kier molecular flexibility index (Phi) is 2.76. The summed E-state index contributed by atoms with van der Waals surface area (Å²) >= 11 is 4.76. The number of hydrogen-bond acceptors (Lipinski definition) is 5. The van der Waals surface area contributed by atoms with Crippen LogP contribution in [0, 0.1) is 0 Å². The van der Waals surface area contributed by atoms with Gasteiger partial charge in [0.2, 0.25) is 0 Å². The van der Waals surface area contributed by atoms with Crippen LogP contribution in [0.3, 0.4) is 0 Å². The maximum atomic E-state index is 10.8. The molecule has 0 aliphatic rings. The first-order valence-electron chi connectivity index (χ1n) is 4.16. The Morgan fingerprint density at radius 2 is 2.38 bits per heavy atom. The summed E-state index contributed by atoms with van der Waals surface area (Å²) < 4.78 is 2.03. The van der Waals surface area contributed by atoms with Gasteiger partial charge in [0, 0.05) is 6.20 Å². The fraction of sp³-hybridized carbons (Fsp3) is 0.125. The third-order valence-corrected chi connectivity index (χ3v) is 3.68. The zero-order valence-electron chi connectivity index (χ0n) is 8.14. The molecule has 0 aliphatic heterocycles. The van der Waals surface area contributed by atoms with Gasteiger partial charge in [0.25, 0.3) is 0 Å². The molecule has 0 aromatic carbocycles. The summed E-state index contributed by atoms with van der Waals surface area (Å²) in [5.41, 5.74) is 6.15. The van der Waals surface area contributed by atoms with Crippen molar-refractivity contribution in [3.05, 3.63) is 16.2 Å². The molecular weight excluding hydrogens is 296 g/mol. The number of aromatic nitrogens is 3. The smallest absolute Gasteiger partial charge is 0.341 e. The van der Waals surface area contributed by atoms with Crippen molar-refractivity contribution in [2.24, 2.45) is 0 Å². The maximum Gasteiger partial charge on any atom is 0.341 e. The van der Waals surface area contributed by atoms with Crippen molar-refractivity contribution in [1.29, 1.82) is 0 Å². The van der Waals surface area contributed by atoms with Crippen molar-refractivity contribution >= 4 is 45.1 Å². The number of nitrogen functional groups attached to an aromatic ring is 1. The van der Waals surface area contributed by atoms with Crippen LogP contribution in [0.5, 0.6) is 0 Å². The highest BCUT2D eigenvalue weighted by Gasteiger charge is 2.17. The summed E-state index contributed by atoms with van der Waals surface area (Å²) in [4.78, 5) is 14.9. The number of aromatic carboxylic acids is 1. The number of thioether (sulfide) groups is 1. The van der Waals surface area contributed by atoms with E-state index in [2.05, 4.69) is 26.0 Å². The lowest BCUT2D eigenvalue weighted by Gasteiger charge is -2.01. The second-order valence-corrected chi connectivity index (χ2v) is 4.51. The van der Waals surface area contributed by atoms with Crippen LogP contribution in [0.2, 0.25) is 0 Å². The van der Waals surface area contributed by atoms with Gasteiger partial charge in [-0.2, -0.15) is 9.61 Å². The molecule has 2 heterocycles. The minimum Gasteiger partial charge on any atom is -0.477 e. The predicted octanol–water partition coefficient (Wildman–Crippen LogP) is 1.49. The number of anilines is 1. The molecule has 0 saturated carbocycles. The molecule has 0 radical (unpaired) electrons. The summed E-state index contributed by atoms with van der Waals surface area (Å²) in [5.74, 6) is -1.05. The van der Waals surface area contributed by atoms with E-state index in [-0.39, 0.29) is 11.4 Å². The van der Waals surface area contributed by atoms with Gasteiger partial charge in [0.15, 0.2) is 5.65 Å². The van der Waals surface area contributed by atoms with Gasteiger partial charge in [0.05, 0.1) is 4.47 Å². The van der Waals surface area contributed by atoms with Crippen LogP contribution in [-0.2, 0) is 0 Å². The Bertz CT molecular complexity index is 583. The SMILES string of the molecule is CSc1nn2c(N)c(C(=O)O)cnc2c1Br. The lowest BCUT2D eigenvalue weighted by molar-refractivity contribution is 0.0697. The Morgan fingerprint density at radius 3 is 2.94 bits per heavy atom. The molecule has 0 unspecified atom stereocenters. The van der Waals surface area contributed by atoms with Crippen molar-refractivity contribution in [2.75, 3.05) is 12.0 Å². The van der Waals surface area contributed by atoms with E-state index in [0.717, 1.165) is 0 Å². The Labute approximate surface area is 103 Å². The Morgan fingerprint density at radius 1 is 1.69 bits per heavy atom. The highest BCUT2D eigenvalue weighted by atomic mass is 79.9. The molecule has 0 spiro atoms. The van der Waals surface area contributed by atoms with Crippen LogP contribution < -0.4 is 5.73 Å². The highest BCUT2D eigenvalue weighted by Crippen LogP contribution is 2.29. The summed E-state index contributed by atoms with van der Waals surface area (Å²) in [6.45, 7) is 0. The molecule has 2 aromatic rings. The van der Waals surface area contributed by atoms with Crippen molar-refractivity contribution < 1.29 is 9.90 Å². The normalized spacial score (nSPS) is 10.9. The third-order valence-electron chi connectivity index (χ3n) is 2.02. The average molecular weight is 303 g/mol. The van der Waals surface area contributed by atoms with Crippen molar-refractivity contribution in [2.45, 2.75) is 5.03 Å². The lowest BCUT2D eigenvalue weighted by Crippen LogP contribution is -2.09. The zero-order chi connectivity index (χ0) is 11.9. The molecule has 2 rings (SSSR count). The Hall–Kier alpha value is -1.28. The van der Waals surface area contributed by atoms with Gasteiger partial charge in [-0.25, -0.2) is 9.78 Å². The number of carbonyl (C=O) groups is 1. The van der Waals surface area contributed by atoms with Gasteiger partial charge in [-0.1, -0.05) is 0 Å². The van der Waals surface area contributed by atoms with Crippen LogP contribution in [0.25, 0.3) is 5.65 Å². The van der Waals surface area contributed by atoms with E-state index in [0.29, 0.717) is 15.1 Å². The monoisotopic (exact) mass is 302 g/mol. The number of hydrogen-bond donors (Lipinski definition) is 2. The van der Waals surface area contributed by atoms with Crippen LogP contribution in [0.4, 0.5) is 5.82 Å². The van der Waals surface area contributed by atoms with Crippen LogP contribution >= 0.6 is 27.7 Å². The minimum atomic E-state index is -1.12. The quantitative estimate of drug-likeness (QED) is 0.817. The van der Waals surface area contributed by atoms with Crippen molar-refractivity contribution in [3.63, 3.8) is 0 Å². The molecule has 0 saturated heterocycles. The first-order chi connectivity index (χ1) is 7.56. The van der Waals surface area contributed by atoms with Crippen LogP contribution in [-0.4, -0.2) is 31.9 Å². The van der Waals surface area contributed by atoms with Gasteiger partial charge >= 0.3 is 5.97 Å². The first kappa shape index (κ1) is 11.2. The molecule has 6 nitrogen and oxygen atoms in total. The maximum absolute atomic E-state index is 10.8. The number of rotatable bonds is 2. The summed E-state index contributed by atoms with van der Waals surface area (Å²) in [6, 6.07) is 0. The van der Waals surface area contributed by atoms with Crippen LogP contribution in [0.15, 0.2) is 15.7 Å². The predicted molar refractivity (Wildman–Crippen MR) is 63.8 cm³/mol. The van der Waals surface area contributed by atoms with E-state index < -0.39 is 5.97 Å². The molecule has 0 fully saturated rings. The largest absolute Gasteiger partial charge is 0.477 e. The number of nitrogens with zero attached hydrogens (tertiary/aromatic N) is 3. The van der Waals surface area contributed by atoms with E-state index in [1.807, 2.05) is 6.26 Å². The third kappa shape index (κ3) is 1.54. The molecule has 0 amide bonds. The average Bonchev–Trinajstić information content (AvgIpc) is 2.57. The molecule has 3 N–H and O–H groups in total. The second-order valence-electron chi connectivity index (χ2n) is 2.92. The van der Waals surface area contributed by atoms with Gasteiger partial charge in [-0.15, -0.1) is 11.8 Å². The van der Waals surface area contributed by atoms with E-state index in [4.69, 9.17) is 10.8 Å². The van der Waals surface area contributed by atoms with E-state index >= 15 is 0 Å². The molecule has 0 aliphatic carbocycles. The number of halogens is 1. The molecule has 2 aromatic heterocycles. The van der Waals surface area contributed by atoms with Gasteiger partial charge in [0.1, 0.15) is 16.4 Å². The summed E-state index contributed by atoms with van der Waals surface area (Å²) in [6.07, 6.45) is 3.09. The number of carboxylic acid groups (broad SMARTS) is 1. The fourth-order valence-corrected chi connectivity index (χ4v) is 2.52. The summed E-state index contributed by atoms with van der Waals surface area (Å²) in [7, 11) is 0. The standard InChI is InChI=1S/C8H7BrN4O2S/c1-16-7-4(9)6-11-2-3(8(14)15)5(10)13(6)12-7/h2H,10H2,1H3,(H,14,15). The number of fused-ring (bicyclic) bond motifs is 1. The topological polar surface area (TPSA) is 93.5 Å². The zero-order valence-corrected chi connectivity index (χ0v) is 10.5. The van der Waals surface area contributed by atoms with E-state index in [1.54, 1.807) is 0 Å². The first-order valence-corrected chi connectivity index (χ1v) is 6.18.